The van der Waals surface area contributed by atoms with Gasteiger partial charge in [0.05, 0.1) is 11.4 Å². The fourth-order valence-corrected chi connectivity index (χ4v) is 8.77. The van der Waals surface area contributed by atoms with E-state index >= 15 is 0 Å². The predicted octanol–water partition coefficient (Wildman–Crippen LogP) is 13.8. The number of hydrogen-bond donors (Lipinski definition) is 0. The van der Waals surface area contributed by atoms with Crippen LogP contribution in [0.4, 0.5) is 17.1 Å². The van der Waals surface area contributed by atoms with E-state index in [4.69, 9.17) is 0 Å². The van der Waals surface area contributed by atoms with Gasteiger partial charge >= 0.3 is 0 Å². The molecular weight excluding hydrogens is 599 g/mol. The summed E-state index contributed by atoms with van der Waals surface area (Å²) in [6.07, 6.45) is 0. The molecule has 0 fully saturated rings. The zero-order valence-electron chi connectivity index (χ0n) is 26.1. The average Bonchev–Trinajstić information content (AvgIpc) is 3.54. The number of rotatable bonds is 4. The van der Waals surface area contributed by atoms with Crippen molar-refractivity contribution < 1.29 is 0 Å². The third kappa shape index (κ3) is 4.17. The lowest BCUT2D eigenvalue weighted by molar-refractivity contribution is 1.32. The zero-order chi connectivity index (χ0) is 31.6. The molecule has 0 radical (unpaired) electrons. The summed E-state index contributed by atoms with van der Waals surface area (Å²) in [5.74, 6) is 0. The number of nitrogens with zero attached hydrogens (tertiary/aromatic N) is 1. The lowest BCUT2D eigenvalue weighted by atomic mass is 9.94. The maximum Gasteiger partial charge on any atom is 0.0555 e. The first kappa shape index (κ1) is 27.2. The summed E-state index contributed by atoms with van der Waals surface area (Å²) in [6.45, 7) is 0. The van der Waals surface area contributed by atoms with E-state index in [1.807, 2.05) is 11.3 Å². The third-order valence-electron chi connectivity index (χ3n) is 9.83. The molecule has 0 atom stereocenters. The zero-order valence-corrected chi connectivity index (χ0v) is 26.9. The highest BCUT2D eigenvalue weighted by Gasteiger charge is 2.22. The summed E-state index contributed by atoms with van der Waals surface area (Å²) in [5, 5.41) is 12.7. The van der Waals surface area contributed by atoms with Gasteiger partial charge in [0.15, 0.2) is 0 Å². The van der Waals surface area contributed by atoms with Crippen LogP contribution in [0.25, 0.3) is 74.4 Å². The van der Waals surface area contributed by atoms with Crippen LogP contribution in [0.3, 0.4) is 0 Å². The predicted molar refractivity (Wildman–Crippen MR) is 209 cm³/mol. The molecule has 2 heteroatoms. The fourth-order valence-electron chi connectivity index (χ4n) is 7.64. The van der Waals surface area contributed by atoms with Crippen molar-refractivity contribution in [3.63, 3.8) is 0 Å². The summed E-state index contributed by atoms with van der Waals surface area (Å²) in [5.41, 5.74) is 5.96. The van der Waals surface area contributed by atoms with Crippen molar-refractivity contribution in [3.8, 4) is 11.1 Å². The number of anilines is 3. The van der Waals surface area contributed by atoms with Gasteiger partial charge in [0.1, 0.15) is 0 Å². The van der Waals surface area contributed by atoms with Gasteiger partial charge in [0.2, 0.25) is 0 Å². The van der Waals surface area contributed by atoms with Crippen molar-refractivity contribution in [2.24, 2.45) is 0 Å². The second-order valence-corrected chi connectivity index (χ2v) is 13.6. The Hall–Kier alpha value is -5.96. The van der Waals surface area contributed by atoms with Gasteiger partial charge in [0, 0.05) is 31.2 Å². The van der Waals surface area contributed by atoms with Crippen molar-refractivity contribution in [2.45, 2.75) is 0 Å². The van der Waals surface area contributed by atoms with Crippen LogP contribution in [0.15, 0.2) is 176 Å². The van der Waals surface area contributed by atoms with Gasteiger partial charge in [-0.05, 0) is 85.2 Å². The Labute approximate surface area is 282 Å². The Balaban J connectivity index is 1.28. The van der Waals surface area contributed by atoms with Crippen molar-refractivity contribution in [1.29, 1.82) is 0 Å². The lowest BCUT2D eigenvalue weighted by Crippen LogP contribution is -2.11. The van der Waals surface area contributed by atoms with Crippen LogP contribution in [0.5, 0.6) is 0 Å². The Kier molecular flexibility index (Phi) is 6.12. The second kappa shape index (κ2) is 10.8. The van der Waals surface area contributed by atoms with Gasteiger partial charge in [-0.1, -0.05) is 140 Å². The highest BCUT2D eigenvalue weighted by Crippen LogP contribution is 2.48. The van der Waals surface area contributed by atoms with Crippen LogP contribution < -0.4 is 4.90 Å². The number of fused-ring (bicyclic) bond motifs is 9. The fraction of sp³-hybridized carbons (Fsp3) is 0. The number of thiophene rings is 1. The standard InChI is InChI=1S/C46H29NS/c1-3-14-34-30(11-1)13-9-19-35(34)32-23-26-33(27-24-32)47(42-20-10-22-45-46(42)40-18-7-8-21-44(40)48-45)43-29-41-36-15-4-2-12-31(36)25-28-38(41)37-16-5-6-17-39(37)43/h1-29H. The maximum absolute atomic E-state index is 2.50. The van der Waals surface area contributed by atoms with Crippen LogP contribution in [0.1, 0.15) is 0 Å². The maximum atomic E-state index is 2.50. The lowest BCUT2D eigenvalue weighted by Gasteiger charge is -2.29. The molecule has 0 unspecified atom stereocenters. The Morgan fingerprint density at radius 2 is 0.958 bits per heavy atom. The minimum atomic E-state index is 1.13. The average molecular weight is 628 g/mol. The molecule has 0 aliphatic heterocycles. The minimum Gasteiger partial charge on any atom is -0.309 e. The van der Waals surface area contributed by atoms with Crippen molar-refractivity contribution >= 4 is 91.7 Å². The molecule has 0 N–H and O–H groups in total. The molecule has 9 aromatic carbocycles. The summed E-state index contributed by atoms with van der Waals surface area (Å²) in [7, 11) is 0. The first-order chi connectivity index (χ1) is 23.8. The SMILES string of the molecule is c1ccc2c(-c3ccc(N(c4cc5c6ccccc6ccc5c5ccccc45)c4cccc5sc6ccccc6c45)cc3)cccc2c1. The van der Waals surface area contributed by atoms with E-state index in [0.29, 0.717) is 0 Å². The molecule has 224 valence electrons. The Morgan fingerprint density at radius 3 is 1.79 bits per heavy atom. The molecule has 0 amide bonds. The summed E-state index contributed by atoms with van der Waals surface area (Å²) in [4.78, 5) is 2.50. The van der Waals surface area contributed by atoms with Gasteiger partial charge in [-0.2, -0.15) is 0 Å². The van der Waals surface area contributed by atoms with Gasteiger partial charge in [0.25, 0.3) is 0 Å². The molecule has 0 aliphatic carbocycles. The van der Waals surface area contributed by atoms with Crippen LogP contribution in [0.2, 0.25) is 0 Å². The second-order valence-electron chi connectivity index (χ2n) is 12.5. The number of benzene rings is 9. The summed E-state index contributed by atoms with van der Waals surface area (Å²) in [6, 6.07) is 64.6. The van der Waals surface area contributed by atoms with E-state index in [2.05, 4.69) is 181 Å². The molecule has 10 aromatic rings. The molecule has 0 saturated heterocycles. The van der Waals surface area contributed by atoms with Gasteiger partial charge < -0.3 is 4.90 Å². The topological polar surface area (TPSA) is 3.24 Å². The van der Waals surface area contributed by atoms with Crippen LogP contribution in [-0.2, 0) is 0 Å². The largest absolute Gasteiger partial charge is 0.309 e. The van der Waals surface area contributed by atoms with Crippen LogP contribution in [0, 0.1) is 0 Å². The van der Waals surface area contributed by atoms with Crippen molar-refractivity contribution in [1.82, 2.24) is 0 Å². The monoisotopic (exact) mass is 627 g/mol. The van der Waals surface area contributed by atoms with E-state index < -0.39 is 0 Å². The molecule has 0 bridgehead atoms. The van der Waals surface area contributed by atoms with E-state index in [-0.39, 0.29) is 0 Å². The molecule has 10 rings (SSSR count). The van der Waals surface area contributed by atoms with Crippen molar-refractivity contribution in [3.05, 3.63) is 176 Å². The van der Waals surface area contributed by atoms with Gasteiger partial charge in [-0.15, -0.1) is 11.3 Å². The molecule has 0 aliphatic rings. The molecule has 1 nitrogen and oxygen atoms in total. The quantitative estimate of drug-likeness (QED) is 0.176. The van der Waals surface area contributed by atoms with Crippen LogP contribution in [-0.4, -0.2) is 0 Å². The van der Waals surface area contributed by atoms with Crippen molar-refractivity contribution in [2.75, 3.05) is 4.90 Å². The molecule has 1 aromatic heterocycles. The minimum absolute atomic E-state index is 1.13. The first-order valence-electron chi connectivity index (χ1n) is 16.4. The molecule has 0 saturated carbocycles. The Bertz CT molecular complexity index is 2840. The first-order valence-corrected chi connectivity index (χ1v) is 17.3. The van der Waals surface area contributed by atoms with E-state index in [1.54, 1.807) is 0 Å². The molecule has 48 heavy (non-hydrogen) atoms. The third-order valence-corrected chi connectivity index (χ3v) is 11.0. The smallest absolute Gasteiger partial charge is 0.0555 e. The van der Waals surface area contributed by atoms with Gasteiger partial charge in [-0.25, -0.2) is 0 Å². The highest BCUT2D eigenvalue weighted by atomic mass is 32.1. The van der Waals surface area contributed by atoms with E-state index in [0.717, 1.165) is 5.69 Å². The molecule has 0 spiro atoms. The Morgan fingerprint density at radius 1 is 0.354 bits per heavy atom. The van der Waals surface area contributed by atoms with E-state index in [1.165, 1.54) is 85.8 Å². The van der Waals surface area contributed by atoms with E-state index in [9.17, 15) is 0 Å². The molecular formula is C46H29NS. The number of hydrogen-bond acceptors (Lipinski definition) is 2. The molecule has 1 heterocycles. The summed E-state index contributed by atoms with van der Waals surface area (Å²) >= 11 is 1.87. The normalized spacial score (nSPS) is 11.8. The summed E-state index contributed by atoms with van der Waals surface area (Å²) < 4.78 is 2.60. The van der Waals surface area contributed by atoms with Gasteiger partial charge in [-0.3, -0.25) is 0 Å². The van der Waals surface area contributed by atoms with Crippen LogP contribution >= 0.6 is 11.3 Å². The highest BCUT2D eigenvalue weighted by molar-refractivity contribution is 7.26.